The molecule has 0 unspecified atom stereocenters. The molecular weight excluding hydrogens is 186 g/mol. The van der Waals surface area contributed by atoms with Crippen molar-refractivity contribution in [2.75, 3.05) is 6.54 Å². The Bertz CT molecular complexity index is 232. The van der Waals surface area contributed by atoms with Gasteiger partial charge in [-0.25, -0.2) is 0 Å². The van der Waals surface area contributed by atoms with Crippen LogP contribution in [-0.4, -0.2) is 12.8 Å². The topological polar surface area (TPSA) is 43.1 Å². The van der Waals surface area contributed by atoms with Crippen LogP contribution in [0.2, 0.25) is 0 Å². The number of benzene rings is 1. The van der Waals surface area contributed by atoms with Crippen molar-refractivity contribution >= 4 is 6.29 Å². The van der Waals surface area contributed by atoms with Gasteiger partial charge in [0, 0.05) is 6.42 Å². The molecule has 1 rings (SSSR count). The minimum Gasteiger partial charge on any atom is -0.330 e. The molecule has 1 aromatic rings. The highest BCUT2D eigenvalue weighted by Gasteiger charge is 1.87. The number of carbonyl (C=O) groups excluding carboxylic acids is 1. The van der Waals surface area contributed by atoms with Crippen LogP contribution in [0, 0.1) is 0 Å². The molecule has 0 heterocycles. The maximum absolute atomic E-state index is 9.98. The molecule has 0 aliphatic carbocycles. The van der Waals surface area contributed by atoms with Crippen molar-refractivity contribution in [2.24, 2.45) is 5.73 Å². The van der Waals surface area contributed by atoms with Crippen LogP contribution in [0.4, 0.5) is 0 Å². The quantitative estimate of drug-likeness (QED) is 0.754. The normalized spacial score (nSPS) is 8.93. The van der Waals surface area contributed by atoms with E-state index in [1.165, 1.54) is 18.4 Å². The third-order valence-electron chi connectivity index (χ3n) is 1.95. The maximum atomic E-state index is 9.98. The second-order valence-corrected chi connectivity index (χ2v) is 3.33. The third kappa shape index (κ3) is 9.16. The first-order valence-electron chi connectivity index (χ1n) is 5.52. The van der Waals surface area contributed by atoms with Crippen LogP contribution in [0.1, 0.15) is 31.7 Å². The van der Waals surface area contributed by atoms with Crippen molar-refractivity contribution in [2.45, 2.75) is 32.6 Å². The van der Waals surface area contributed by atoms with Gasteiger partial charge in [0.05, 0.1) is 0 Å². The van der Waals surface area contributed by atoms with Gasteiger partial charge in [-0.15, -0.1) is 0 Å². The fraction of sp³-hybridized carbons (Fsp3) is 0.462. The lowest BCUT2D eigenvalue weighted by molar-refractivity contribution is -0.107. The Hall–Kier alpha value is -1.15. The number of hydrogen-bond acceptors (Lipinski definition) is 2. The molecule has 0 atom stereocenters. The molecular formula is C13H21NO. The van der Waals surface area contributed by atoms with E-state index < -0.39 is 0 Å². The van der Waals surface area contributed by atoms with Crippen molar-refractivity contribution in [3.63, 3.8) is 0 Å². The summed E-state index contributed by atoms with van der Waals surface area (Å²) < 4.78 is 0. The molecule has 2 heteroatoms. The maximum Gasteiger partial charge on any atom is 0.120 e. The zero-order chi connectivity index (χ0) is 11.4. The van der Waals surface area contributed by atoms with Gasteiger partial charge in [-0.3, -0.25) is 0 Å². The van der Waals surface area contributed by atoms with Crippen LogP contribution in [0.25, 0.3) is 0 Å². The molecule has 0 spiro atoms. The fourth-order valence-electron chi connectivity index (χ4n) is 1.07. The predicted molar refractivity (Wildman–Crippen MR) is 64.8 cm³/mol. The second kappa shape index (κ2) is 10.9. The van der Waals surface area contributed by atoms with E-state index in [0.717, 1.165) is 19.3 Å². The molecule has 0 aliphatic heterocycles. The number of carbonyl (C=O) groups is 1. The Kier molecular flexibility index (Phi) is 10.1. The number of unbranched alkanes of at least 4 members (excludes halogenated alkanes) is 1. The third-order valence-corrected chi connectivity index (χ3v) is 1.95. The Morgan fingerprint density at radius 1 is 1.27 bits per heavy atom. The lowest BCUT2D eigenvalue weighted by Gasteiger charge is -1.93. The molecule has 0 aromatic heterocycles. The molecule has 15 heavy (non-hydrogen) atoms. The summed E-state index contributed by atoms with van der Waals surface area (Å²) in [5.41, 5.74) is 6.37. The van der Waals surface area contributed by atoms with E-state index in [1.54, 1.807) is 0 Å². The molecule has 2 nitrogen and oxygen atoms in total. The summed E-state index contributed by atoms with van der Waals surface area (Å²) in [4.78, 5) is 9.98. The molecule has 0 fully saturated rings. The van der Waals surface area contributed by atoms with Crippen molar-refractivity contribution in [1.29, 1.82) is 0 Å². The molecule has 84 valence electrons. The van der Waals surface area contributed by atoms with Gasteiger partial charge < -0.3 is 10.5 Å². The van der Waals surface area contributed by atoms with E-state index >= 15 is 0 Å². The second-order valence-electron chi connectivity index (χ2n) is 3.33. The lowest BCUT2D eigenvalue weighted by Crippen LogP contribution is -1.95. The zero-order valence-electron chi connectivity index (χ0n) is 9.49. The molecule has 0 saturated heterocycles. The summed E-state index contributed by atoms with van der Waals surface area (Å²) in [6, 6.07) is 10.0. The highest BCUT2D eigenvalue weighted by molar-refractivity contribution is 5.49. The molecule has 0 aliphatic rings. The van der Waals surface area contributed by atoms with Gasteiger partial charge in [0.1, 0.15) is 6.29 Å². The highest BCUT2D eigenvalue weighted by Crippen LogP contribution is 2.00. The first kappa shape index (κ1) is 13.8. The number of aryl methyl sites for hydroxylation is 1. The molecule has 0 radical (unpaired) electrons. The molecule has 1 aromatic carbocycles. The number of rotatable bonds is 5. The van der Waals surface area contributed by atoms with E-state index in [0.29, 0.717) is 6.42 Å². The monoisotopic (exact) mass is 207 g/mol. The molecule has 2 N–H and O–H groups in total. The first-order chi connectivity index (χ1) is 7.35. The molecule has 0 bridgehead atoms. The highest BCUT2D eigenvalue weighted by atomic mass is 16.1. The van der Waals surface area contributed by atoms with E-state index in [2.05, 4.69) is 6.92 Å². The van der Waals surface area contributed by atoms with Gasteiger partial charge >= 0.3 is 0 Å². The smallest absolute Gasteiger partial charge is 0.120 e. The fourth-order valence-corrected chi connectivity index (χ4v) is 1.07. The van der Waals surface area contributed by atoms with Gasteiger partial charge in [-0.05, 0) is 24.9 Å². The van der Waals surface area contributed by atoms with E-state index in [9.17, 15) is 4.79 Å². The van der Waals surface area contributed by atoms with Crippen molar-refractivity contribution < 1.29 is 4.79 Å². The summed E-state index contributed by atoms with van der Waals surface area (Å²) in [7, 11) is 0. The zero-order valence-corrected chi connectivity index (χ0v) is 9.49. The minimum atomic E-state index is 0.629. The van der Waals surface area contributed by atoms with Gasteiger partial charge in [0.2, 0.25) is 0 Å². The van der Waals surface area contributed by atoms with Crippen LogP contribution in [-0.2, 0) is 11.2 Å². The summed E-state index contributed by atoms with van der Waals surface area (Å²) >= 11 is 0. The van der Waals surface area contributed by atoms with Gasteiger partial charge in [0.25, 0.3) is 0 Å². The number of nitrogens with two attached hydrogens (primary N) is 1. The summed E-state index contributed by atoms with van der Waals surface area (Å²) in [6.45, 7) is 2.98. The largest absolute Gasteiger partial charge is 0.330 e. The minimum absolute atomic E-state index is 0.629. The van der Waals surface area contributed by atoms with E-state index in [1.807, 2.05) is 30.3 Å². The lowest BCUT2D eigenvalue weighted by atomic mass is 10.1. The van der Waals surface area contributed by atoms with Gasteiger partial charge in [-0.2, -0.15) is 0 Å². The van der Waals surface area contributed by atoms with Crippen LogP contribution in [0.15, 0.2) is 30.3 Å². The van der Waals surface area contributed by atoms with Gasteiger partial charge in [-0.1, -0.05) is 43.7 Å². The van der Waals surface area contributed by atoms with Gasteiger partial charge in [0.15, 0.2) is 0 Å². The Labute approximate surface area is 92.5 Å². The average molecular weight is 207 g/mol. The van der Waals surface area contributed by atoms with Crippen molar-refractivity contribution in [3.8, 4) is 0 Å². The molecule has 0 saturated carbocycles. The summed E-state index contributed by atoms with van der Waals surface area (Å²) in [5, 5.41) is 0. The van der Waals surface area contributed by atoms with E-state index in [4.69, 9.17) is 5.73 Å². The van der Waals surface area contributed by atoms with Crippen LogP contribution < -0.4 is 5.73 Å². The Balaban J connectivity index is 0.000000336. The van der Waals surface area contributed by atoms with Crippen LogP contribution in [0.5, 0.6) is 0 Å². The average Bonchev–Trinajstić information content (AvgIpc) is 2.30. The molecule has 0 amide bonds. The standard InChI is InChI=1S/C9H10O.C4H11N/c10-8-4-7-9-5-2-1-3-6-9;1-2-3-4-5/h1-3,5-6,8H,4,7H2;2-5H2,1H3. The predicted octanol–water partition coefficient (Wildman–Crippen LogP) is 2.56. The van der Waals surface area contributed by atoms with Crippen molar-refractivity contribution in [1.82, 2.24) is 0 Å². The summed E-state index contributed by atoms with van der Waals surface area (Å²) in [5.74, 6) is 0. The summed E-state index contributed by atoms with van der Waals surface area (Å²) in [6.07, 6.45) is 4.83. The van der Waals surface area contributed by atoms with Crippen molar-refractivity contribution in [3.05, 3.63) is 35.9 Å². The SMILES string of the molecule is CCCCN.O=CCCc1ccccc1. The Morgan fingerprint density at radius 3 is 2.33 bits per heavy atom. The number of hydrogen-bond donors (Lipinski definition) is 1. The first-order valence-corrected chi connectivity index (χ1v) is 5.52. The number of aldehydes is 1. The Morgan fingerprint density at radius 2 is 1.93 bits per heavy atom. The van der Waals surface area contributed by atoms with Crippen LogP contribution in [0.3, 0.4) is 0 Å². The van der Waals surface area contributed by atoms with Crippen LogP contribution >= 0.6 is 0 Å². The van der Waals surface area contributed by atoms with E-state index in [-0.39, 0.29) is 0 Å².